The number of aromatic nitrogens is 2. The number of aryl methyl sites for hydroxylation is 1. The van der Waals surface area contributed by atoms with E-state index in [-0.39, 0.29) is 5.03 Å². The third kappa shape index (κ3) is 2.44. The van der Waals surface area contributed by atoms with Gasteiger partial charge < -0.3 is 4.57 Å². The zero-order chi connectivity index (χ0) is 13.2. The van der Waals surface area contributed by atoms with Gasteiger partial charge in [-0.2, -0.15) is 0 Å². The molecule has 0 fully saturated rings. The zero-order valence-corrected chi connectivity index (χ0v) is 11.9. The molecule has 0 radical (unpaired) electrons. The maximum absolute atomic E-state index is 12.2. The van der Waals surface area contributed by atoms with E-state index >= 15 is 0 Å². The van der Waals surface area contributed by atoms with Crippen LogP contribution in [0.2, 0.25) is 0 Å². The van der Waals surface area contributed by atoms with Crippen LogP contribution in [0.3, 0.4) is 0 Å². The van der Waals surface area contributed by atoms with Crippen LogP contribution >= 0.6 is 0 Å². The summed E-state index contributed by atoms with van der Waals surface area (Å²) in [5, 5.41) is 0.257. The summed E-state index contributed by atoms with van der Waals surface area (Å²) in [5.74, 6) is 0.890. The quantitative estimate of drug-likeness (QED) is 0.882. The molecule has 18 heavy (non-hydrogen) atoms. The minimum atomic E-state index is -3.44. The van der Waals surface area contributed by atoms with Crippen molar-refractivity contribution in [3.63, 3.8) is 0 Å². The van der Waals surface area contributed by atoms with Crippen LogP contribution in [0.1, 0.15) is 44.6 Å². The molecule has 0 saturated carbocycles. The monoisotopic (exact) mass is 271 g/mol. The second-order valence-corrected chi connectivity index (χ2v) is 6.32. The molecule has 6 heteroatoms. The molecule has 2 rings (SSSR count). The van der Waals surface area contributed by atoms with Gasteiger partial charge in [0.15, 0.2) is 5.03 Å². The lowest BCUT2D eigenvalue weighted by atomic mass is 10.1. The molecule has 1 aliphatic heterocycles. The van der Waals surface area contributed by atoms with Crippen molar-refractivity contribution in [1.82, 2.24) is 14.3 Å². The highest BCUT2D eigenvalue weighted by molar-refractivity contribution is 7.89. The van der Waals surface area contributed by atoms with Crippen LogP contribution in [0.4, 0.5) is 0 Å². The van der Waals surface area contributed by atoms with Crippen molar-refractivity contribution in [2.45, 2.75) is 57.5 Å². The first-order chi connectivity index (χ1) is 8.60. The molecule has 0 aliphatic carbocycles. The van der Waals surface area contributed by atoms with E-state index in [0.717, 1.165) is 50.2 Å². The van der Waals surface area contributed by atoms with Gasteiger partial charge in [-0.25, -0.2) is 18.1 Å². The van der Waals surface area contributed by atoms with E-state index in [1.54, 1.807) is 0 Å². The van der Waals surface area contributed by atoms with E-state index in [2.05, 4.69) is 14.3 Å². The predicted octanol–water partition coefficient (Wildman–Crippen LogP) is 1.47. The van der Waals surface area contributed by atoms with Crippen LogP contribution in [0, 0.1) is 0 Å². The van der Waals surface area contributed by atoms with Crippen molar-refractivity contribution < 1.29 is 8.42 Å². The maximum Gasteiger partial charge on any atom is 0.259 e. The molecule has 0 atom stereocenters. The fraction of sp³-hybridized carbons (Fsp3) is 0.750. The number of nitrogens with zero attached hydrogens (tertiary/aromatic N) is 2. The molecule has 0 spiro atoms. The van der Waals surface area contributed by atoms with E-state index < -0.39 is 10.0 Å². The Labute approximate surface area is 109 Å². The number of nitrogens with one attached hydrogen (secondary N) is 1. The summed E-state index contributed by atoms with van der Waals surface area (Å²) < 4.78 is 29.1. The Morgan fingerprint density at radius 2 is 2.11 bits per heavy atom. The average Bonchev–Trinajstić information content (AvgIpc) is 2.76. The first-order valence-corrected chi connectivity index (χ1v) is 8.16. The van der Waals surface area contributed by atoms with Gasteiger partial charge >= 0.3 is 0 Å². The molecule has 5 nitrogen and oxygen atoms in total. The van der Waals surface area contributed by atoms with E-state index in [1.165, 1.54) is 0 Å². The number of imidazole rings is 1. The van der Waals surface area contributed by atoms with Crippen LogP contribution < -0.4 is 4.72 Å². The number of fused-ring (bicyclic) bond motifs is 1. The van der Waals surface area contributed by atoms with Crippen molar-refractivity contribution in [2.24, 2.45) is 0 Å². The molecule has 0 saturated heterocycles. The molecule has 2 heterocycles. The molecule has 0 amide bonds. The second kappa shape index (κ2) is 5.40. The first-order valence-electron chi connectivity index (χ1n) is 6.68. The highest BCUT2D eigenvalue weighted by atomic mass is 32.2. The van der Waals surface area contributed by atoms with Crippen molar-refractivity contribution in [1.29, 1.82) is 0 Å². The highest BCUT2D eigenvalue weighted by Gasteiger charge is 2.27. The second-order valence-electron chi connectivity index (χ2n) is 4.64. The average molecular weight is 271 g/mol. The van der Waals surface area contributed by atoms with Crippen molar-refractivity contribution in [2.75, 3.05) is 6.54 Å². The minimum absolute atomic E-state index is 0.257. The minimum Gasteiger partial charge on any atom is -0.331 e. The van der Waals surface area contributed by atoms with Gasteiger partial charge in [-0.05, 0) is 25.7 Å². The highest BCUT2D eigenvalue weighted by Crippen LogP contribution is 2.24. The predicted molar refractivity (Wildman–Crippen MR) is 70.0 cm³/mol. The summed E-state index contributed by atoms with van der Waals surface area (Å²) in [6.07, 6.45) is 4.53. The molecule has 0 bridgehead atoms. The van der Waals surface area contributed by atoms with Crippen LogP contribution in [0.15, 0.2) is 5.03 Å². The zero-order valence-electron chi connectivity index (χ0n) is 11.1. The SMILES string of the molecule is CCCNS(=O)(=O)c1nc(CC)n2c1CCCC2. The van der Waals surface area contributed by atoms with Crippen LogP contribution in [-0.2, 0) is 29.4 Å². The molecule has 1 N–H and O–H groups in total. The van der Waals surface area contributed by atoms with Crippen molar-refractivity contribution in [3.8, 4) is 0 Å². The van der Waals surface area contributed by atoms with Gasteiger partial charge in [0.25, 0.3) is 10.0 Å². The topological polar surface area (TPSA) is 64.0 Å². The third-order valence-electron chi connectivity index (χ3n) is 3.27. The number of hydrogen-bond acceptors (Lipinski definition) is 3. The van der Waals surface area contributed by atoms with Gasteiger partial charge in [0.2, 0.25) is 0 Å². The molecular formula is C12H21N3O2S. The summed E-state index contributed by atoms with van der Waals surface area (Å²) in [6.45, 7) is 5.33. The molecule has 1 aliphatic rings. The molecule has 102 valence electrons. The molecule has 0 unspecified atom stereocenters. The van der Waals surface area contributed by atoms with Crippen LogP contribution in [0.5, 0.6) is 0 Å². The summed E-state index contributed by atoms with van der Waals surface area (Å²) in [5.41, 5.74) is 0.890. The Balaban J connectivity index is 2.42. The summed E-state index contributed by atoms with van der Waals surface area (Å²) in [6, 6.07) is 0. The van der Waals surface area contributed by atoms with Crippen molar-refractivity contribution in [3.05, 3.63) is 11.5 Å². The number of hydrogen-bond donors (Lipinski definition) is 1. The Morgan fingerprint density at radius 1 is 1.33 bits per heavy atom. The maximum atomic E-state index is 12.2. The Bertz CT molecular complexity index is 520. The summed E-state index contributed by atoms with van der Waals surface area (Å²) >= 11 is 0. The lowest BCUT2D eigenvalue weighted by Gasteiger charge is -2.16. The van der Waals surface area contributed by atoms with Crippen LogP contribution in [0.25, 0.3) is 0 Å². The van der Waals surface area contributed by atoms with E-state index in [1.807, 2.05) is 13.8 Å². The van der Waals surface area contributed by atoms with Gasteiger partial charge in [0.1, 0.15) is 5.82 Å². The summed E-state index contributed by atoms with van der Waals surface area (Å²) in [7, 11) is -3.44. The van der Waals surface area contributed by atoms with Gasteiger partial charge in [-0.1, -0.05) is 13.8 Å². The van der Waals surface area contributed by atoms with E-state index in [4.69, 9.17) is 0 Å². The van der Waals surface area contributed by atoms with Crippen molar-refractivity contribution >= 4 is 10.0 Å². The Morgan fingerprint density at radius 3 is 2.78 bits per heavy atom. The largest absolute Gasteiger partial charge is 0.331 e. The third-order valence-corrected chi connectivity index (χ3v) is 4.69. The first kappa shape index (κ1) is 13.5. The molecule has 1 aromatic rings. The van der Waals surface area contributed by atoms with Gasteiger partial charge in [-0.3, -0.25) is 0 Å². The fourth-order valence-corrected chi connectivity index (χ4v) is 3.73. The lowest BCUT2D eigenvalue weighted by molar-refractivity contribution is 0.509. The standard InChI is InChI=1S/C12H21N3O2S/c1-3-8-13-18(16,17)12-10-7-5-6-9-15(10)11(4-2)14-12/h13H,3-9H2,1-2H3. The Hall–Kier alpha value is -0.880. The van der Waals surface area contributed by atoms with Gasteiger partial charge in [0.05, 0.1) is 5.69 Å². The molecule has 0 aromatic carbocycles. The Kier molecular flexibility index (Phi) is 4.07. The van der Waals surface area contributed by atoms with E-state index in [0.29, 0.717) is 6.54 Å². The fourth-order valence-electron chi connectivity index (χ4n) is 2.37. The van der Waals surface area contributed by atoms with Gasteiger partial charge in [-0.15, -0.1) is 0 Å². The van der Waals surface area contributed by atoms with Crippen LogP contribution in [-0.4, -0.2) is 24.5 Å². The number of rotatable bonds is 5. The molecule has 1 aromatic heterocycles. The number of sulfonamides is 1. The lowest BCUT2D eigenvalue weighted by Crippen LogP contribution is -2.26. The smallest absolute Gasteiger partial charge is 0.259 e. The summed E-state index contributed by atoms with van der Waals surface area (Å²) in [4.78, 5) is 4.35. The van der Waals surface area contributed by atoms with Gasteiger partial charge in [0, 0.05) is 19.5 Å². The normalized spacial score (nSPS) is 15.7. The molecular weight excluding hydrogens is 250 g/mol. The van der Waals surface area contributed by atoms with E-state index in [9.17, 15) is 8.42 Å².